The van der Waals surface area contributed by atoms with E-state index in [1.165, 1.54) is 34.5 Å². The molecule has 1 amide bonds. The maximum atomic E-state index is 12.5. The molecule has 1 aliphatic rings. The first kappa shape index (κ1) is 17.7. The van der Waals surface area contributed by atoms with Crippen LogP contribution in [-0.4, -0.2) is 19.0 Å². The Labute approximate surface area is 152 Å². The Morgan fingerprint density at radius 1 is 1.16 bits per heavy atom. The van der Waals surface area contributed by atoms with Gasteiger partial charge in [0, 0.05) is 4.88 Å². The summed E-state index contributed by atoms with van der Waals surface area (Å²) in [4.78, 5) is 25.9. The van der Waals surface area contributed by atoms with Gasteiger partial charge in [-0.1, -0.05) is 18.2 Å². The molecule has 1 aromatic heterocycles. The first-order valence-corrected chi connectivity index (χ1v) is 9.40. The van der Waals surface area contributed by atoms with E-state index < -0.39 is 0 Å². The lowest BCUT2D eigenvalue weighted by Gasteiger charge is -2.11. The lowest BCUT2D eigenvalue weighted by molar-refractivity contribution is -0.115. The van der Waals surface area contributed by atoms with Crippen molar-refractivity contribution < 1.29 is 14.3 Å². The minimum Gasteiger partial charge on any atom is -0.465 e. The van der Waals surface area contributed by atoms with E-state index in [0.717, 1.165) is 36.8 Å². The summed E-state index contributed by atoms with van der Waals surface area (Å²) in [6.07, 6.45) is 4.35. The van der Waals surface area contributed by atoms with Crippen LogP contribution in [0.5, 0.6) is 0 Å². The fourth-order valence-electron chi connectivity index (χ4n) is 3.24. The van der Waals surface area contributed by atoms with Gasteiger partial charge in [-0.3, -0.25) is 4.79 Å². The molecule has 0 radical (unpaired) electrons. The maximum Gasteiger partial charge on any atom is 0.341 e. The molecule has 3 rings (SSSR count). The third-order valence-corrected chi connectivity index (χ3v) is 5.96. The van der Waals surface area contributed by atoms with Gasteiger partial charge >= 0.3 is 5.97 Å². The van der Waals surface area contributed by atoms with Crippen molar-refractivity contribution in [2.75, 3.05) is 12.4 Å². The number of hydrogen-bond donors (Lipinski definition) is 1. The zero-order chi connectivity index (χ0) is 18.0. The second-order valence-electron chi connectivity index (χ2n) is 6.55. The number of aryl methyl sites for hydroxylation is 3. The van der Waals surface area contributed by atoms with Crippen LogP contribution in [-0.2, 0) is 28.8 Å². The number of methoxy groups -OCH3 is 1. The van der Waals surface area contributed by atoms with E-state index >= 15 is 0 Å². The van der Waals surface area contributed by atoms with Gasteiger partial charge in [-0.05, 0) is 61.8 Å². The highest BCUT2D eigenvalue weighted by molar-refractivity contribution is 7.17. The summed E-state index contributed by atoms with van der Waals surface area (Å²) in [5, 5.41) is 3.58. The molecule has 25 heavy (non-hydrogen) atoms. The van der Waals surface area contributed by atoms with Crippen LogP contribution >= 0.6 is 11.3 Å². The monoisotopic (exact) mass is 357 g/mol. The average Bonchev–Trinajstić information content (AvgIpc) is 2.95. The van der Waals surface area contributed by atoms with Gasteiger partial charge < -0.3 is 10.1 Å². The van der Waals surface area contributed by atoms with E-state index in [1.807, 2.05) is 25.1 Å². The summed E-state index contributed by atoms with van der Waals surface area (Å²) in [6.45, 7) is 4.09. The summed E-state index contributed by atoms with van der Waals surface area (Å²) in [6, 6.07) is 6.04. The number of anilines is 1. The molecular weight excluding hydrogens is 334 g/mol. The van der Waals surface area contributed by atoms with Crippen LogP contribution in [0.2, 0.25) is 0 Å². The Morgan fingerprint density at radius 2 is 1.92 bits per heavy atom. The zero-order valence-electron chi connectivity index (χ0n) is 14.9. The zero-order valence-corrected chi connectivity index (χ0v) is 15.7. The quantitative estimate of drug-likeness (QED) is 0.834. The highest BCUT2D eigenvalue weighted by Gasteiger charge is 2.26. The van der Waals surface area contributed by atoms with Crippen LogP contribution in [0.1, 0.15) is 50.3 Å². The molecule has 0 aliphatic heterocycles. The van der Waals surface area contributed by atoms with Crippen LogP contribution in [0.25, 0.3) is 0 Å². The Kier molecular flexibility index (Phi) is 5.23. The summed E-state index contributed by atoms with van der Waals surface area (Å²) in [5.41, 5.74) is 4.97. The number of rotatable bonds is 4. The number of carbonyl (C=O) groups excluding carboxylic acids is 2. The number of thiophene rings is 1. The minimum absolute atomic E-state index is 0.105. The molecule has 0 fully saturated rings. The van der Waals surface area contributed by atoms with Crippen molar-refractivity contribution in [3.05, 3.63) is 50.9 Å². The minimum atomic E-state index is -0.360. The summed E-state index contributed by atoms with van der Waals surface area (Å²) in [7, 11) is 1.38. The van der Waals surface area contributed by atoms with E-state index in [1.54, 1.807) is 0 Å². The SMILES string of the molecule is COC(=O)c1c(NC(=O)Cc2ccc(C)c(C)c2)sc2c1CCCC2. The standard InChI is InChI=1S/C20H23NO3S/c1-12-8-9-14(10-13(12)2)11-17(22)21-19-18(20(23)24-3)15-6-4-5-7-16(15)25-19/h8-10H,4-7,11H2,1-3H3,(H,21,22). The predicted molar refractivity (Wildman–Crippen MR) is 101 cm³/mol. The van der Waals surface area contributed by atoms with Gasteiger partial charge in [0.25, 0.3) is 0 Å². The van der Waals surface area contributed by atoms with Crippen molar-refractivity contribution in [2.24, 2.45) is 0 Å². The van der Waals surface area contributed by atoms with Crippen LogP contribution in [0.4, 0.5) is 5.00 Å². The molecule has 1 aliphatic carbocycles. The third-order valence-electron chi connectivity index (χ3n) is 4.75. The lowest BCUT2D eigenvalue weighted by Crippen LogP contribution is -2.16. The highest BCUT2D eigenvalue weighted by Crippen LogP contribution is 2.38. The highest BCUT2D eigenvalue weighted by atomic mass is 32.1. The molecule has 0 saturated heterocycles. The van der Waals surface area contributed by atoms with E-state index in [2.05, 4.69) is 12.2 Å². The van der Waals surface area contributed by atoms with Gasteiger partial charge in [-0.25, -0.2) is 4.79 Å². The number of carbonyl (C=O) groups is 2. The molecule has 1 heterocycles. The second-order valence-corrected chi connectivity index (χ2v) is 7.66. The Hall–Kier alpha value is -2.14. The number of nitrogens with one attached hydrogen (secondary N) is 1. The fraction of sp³-hybridized carbons (Fsp3) is 0.400. The van der Waals surface area contributed by atoms with Crippen molar-refractivity contribution in [3.63, 3.8) is 0 Å². The van der Waals surface area contributed by atoms with Gasteiger partial charge in [0.15, 0.2) is 0 Å². The topological polar surface area (TPSA) is 55.4 Å². The molecule has 2 aromatic rings. The Balaban J connectivity index is 1.82. The number of ether oxygens (including phenoxy) is 1. The summed E-state index contributed by atoms with van der Waals surface area (Å²) >= 11 is 1.52. The van der Waals surface area contributed by atoms with Crippen LogP contribution in [0.3, 0.4) is 0 Å². The molecule has 4 nitrogen and oxygen atoms in total. The van der Waals surface area contributed by atoms with E-state index in [4.69, 9.17) is 4.74 Å². The molecule has 1 aromatic carbocycles. The number of benzene rings is 1. The number of amides is 1. The molecule has 1 N–H and O–H groups in total. The van der Waals surface area contributed by atoms with Crippen molar-refractivity contribution in [2.45, 2.75) is 46.0 Å². The van der Waals surface area contributed by atoms with Crippen LogP contribution < -0.4 is 5.32 Å². The van der Waals surface area contributed by atoms with Gasteiger partial charge in [-0.2, -0.15) is 0 Å². The summed E-state index contributed by atoms with van der Waals surface area (Å²) < 4.78 is 4.95. The molecule has 5 heteroatoms. The first-order chi connectivity index (χ1) is 12.0. The van der Waals surface area contributed by atoms with Crippen molar-refractivity contribution in [1.29, 1.82) is 0 Å². The largest absolute Gasteiger partial charge is 0.465 e. The van der Waals surface area contributed by atoms with E-state index in [-0.39, 0.29) is 11.9 Å². The Morgan fingerprint density at radius 3 is 2.64 bits per heavy atom. The van der Waals surface area contributed by atoms with Gasteiger partial charge in [0.2, 0.25) is 5.91 Å². The normalized spacial score (nSPS) is 13.2. The van der Waals surface area contributed by atoms with Crippen LogP contribution in [0.15, 0.2) is 18.2 Å². The molecule has 0 unspecified atom stereocenters. The van der Waals surface area contributed by atoms with Gasteiger partial charge in [-0.15, -0.1) is 11.3 Å². The summed E-state index contributed by atoms with van der Waals surface area (Å²) in [5.74, 6) is -0.465. The molecule has 0 atom stereocenters. The molecule has 0 saturated carbocycles. The second kappa shape index (κ2) is 7.40. The van der Waals surface area contributed by atoms with Crippen molar-refractivity contribution in [1.82, 2.24) is 0 Å². The van der Waals surface area contributed by atoms with E-state index in [9.17, 15) is 9.59 Å². The number of esters is 1. The number of fused-ring (bicyclic) bond motifs is 1. The third kappa shape index (κ3) is 3.76. The number of hydrogen-bond acceptors (Lipinski definition) is 4. The van der Waals surface area contributed by atoms with Gasteiger partial charge in [0.05, 0.1) is 19.1 Å². The molecule has 0 bridgehead atoms. The van der Waals surface area contributed by atoms with Gasteiger partial charge in [0.1, 0.15) is 5.00 Å². The predicted octanol–water partition coefficient (Wildman–Crippen LogP) is 4.21. The Bertz CT molecular complexity index is 823. The fourth-order valence-corrected chi connectivity index (χ4v) is 4.54. The first-order valence-electron chi connectivity index (χ1n) is 8.58. The maximum absolute atomic E-state index is 12.5. The molecule has 0 spiro atoms. The van der Waals surface area contributed by atoms with Crippen LogP contribution in [0, 0.1) is 13.8 Å². The molecular formula is C20H23NO3S. The van der Waals surface area contributed by atoms with Crippen molar-refractivity contribution >= 4 is 28.2 Å². The average molecular weight is 357 g/mol. The van der Waals surface area contributed by atoms with Crippen molar-refractivity contribution in [3.8, 4) is 0 Å². The molecule has 132 valence electrons. The van der Waals surface area contributed by atoms with E-state index in [0.29, 0.717) is 17.0 Å². The smallest absolute Gasteiger partial charge is 0.341 e. The lowest BCUT2D eigenvalue weighted by atomic mass is 9.95.